The molecule has 1 saturated heterocycles. The molecule has 1 aromatic heterocycles. The highest BCUT2D eigenvalue weighted by Crippen LogP contribution is 2.28. The molecule has 0 aliphatic carbocycles. The Morgan fingerprint density at radius 1 is 1.29 bits per heavy atom. The molecule has 2 heterocycles. The van der Waals surface area contributed by atoms with E-state index in [0.717, 1.165) is 19.6 Å². The van der Waals surface area contributed by atoms with Crippen molar-refractivity contribution in [3.05, 3.63) is 35.5 Å². The Bertz CT molecular complexity index is 529. The highest BCUT2D eigenvalue weighted by Gasteiger charge is 2.22. The molecule has 17 heavy (non-hydrogen) atoms. The maximum absolute atomic E-state index is 3.62. The van der Waals surface area contributed by atoms with Gasteiger partial charge in [-0.15, -0.1) is 0 Å². The van der Waals surface area contributed by atoms with Gasteiger partial charge in [-0.05, 0) is 25.6 Å². The van der Waals surface area contributed by atoms with Crippen LogP contribution in [0.2, 0.25) is 0 Å². The topological polar surface area (TPSA) is 31.1 Å². The van der Waals surface area contributed by atoms with Gasteiger partial charge in [-0.25, -0.2) is 0 Å². The zero-order valence-electron chi connectivity index (χ0n) is 10.5. The molecule has 0 radical (unpaired) electrons. The van der Waals surface area contributed by atoms with Crippen molar-refractivity contribution in [3.8, 4) is 0 Å². The molecule has 0 bridgehead atoms. The van der Waals surface area contributed by atoms with Gasteiger partial charge in [0.1, 0.15) is 0 Å². The summed E-state index contributed by atoms with van der Waals surface area (Å²) >= 11 is 0. The number of nitrogens with one attached hydrogen (secondary N) is 2. The van der Waals surface area contributed by atoms with Crippen LogP contribution in [0.4, 0.5) is 0 Å². The van der Waals surface area contributed by atoms with Gasteiger partial charge in [-0.1, -0.05) is 18.2 Å². The molecule has 2 aromatic rings. The minimum absolute atomic E-state index is 0.449. The van der Waals surface area contributed by atoms with Crippen molar-refractivity contribution in [2.24, 2.45) is 0 Å². The third-order valence-electron chi connectivity index (χ3n) is 3.67. The Balaban J connectivity index is 2.06. The number of piperazine rings is 1. The van der Waals surface area contributed by atoms with E-state index in [1.165, 1.54) is 22.2 Å². The first kappa shape index (κ1) is 10.8. The molecule has 1 unspecified atom stereocenters. The number of aryl methyl sites for hydroxylation is 1. The average molecular weight is 229 g/mol. The molecule has 2 N–H and O–H groups in total. The summed E-state index contributed by atoms with van der Waals surface area (Å²) < 4.78 is 0. The average Bonchev–Trinajstić information content (AvgIpc) is 2.64. The molecule has 0 amide bonds. The smallest absolute Gasteiger partial charge is 0.0473 e. The maximum Gasteiger partial charge on any atom is 0.0473 e. The largest absolute Gasteiger partial charge is 0.358 e. The van der Waals surface area contributed by atoms with Crippen LogP contribution in [-0.2, 0) is 0 Å². The van der Waals surface area contributed by atoms with Gasteiger partial charge in [-0.3, -0.25) is 0 Å². The molecule has 1 fully saturated rings. The number of hydrogen-bond donors (Lipinski definition) is 2. The Morgan fingerprint density at radius 2 is 2.12 bits per heavy atom. The van der Waals surface area contributed by atoms with Gasteiger partial charge in [0.05, 0.1) is 0 Å². The molecule has 1 aromatic carbocycles. The summed E-state index contributed by atoms with van der Waals surface area (Å²) in [5, 5.41) is 4.98. The van der Waals surface area contributed by atoms with E-state index in [0.29, 0.717) is 6.04 Å². The Hall–Kier alpha value is -1.32. The lowest BCUT2D eigenvalue weighted by molar-refractivity contribution is 0.241. The zero-order chi connectivity index (χ0) is 11.8. The summed E-state index contributed by atoms with van der Waals surface area (Å²) in [6.07, 6.45) is 0. The van der Waals surface area contributed by atoms with Crippen LogP contribution in [0.3, 0.4) is 0 Å². The van der Waals surface area contributed by atoms with E-state index in [1.807, 2.05) is 0 Å². The van der Waals surface area contributed by atoms with Gasteiger partial charge in [0.2, 0.25) is 0 Å². The summed E-state index contributed by atoms with van der Waals surface area (Å²) in [4.78, 5) is 5.87. The van der Waals surface area contributed by atoms with E-state index in [9.17, 15) is 0 Å². The second-order valence-corrected chi connectivity index (χ2v) is 4.98. The van der Waals surface area contributed by atoms with Gasteiger partial charge in [0, 0.05) is 42.3 Å². The third-order valence-corrected chi connectivity index (χ3v) is 3.67. The highest BCUT2D eigenvalue weighted by atomic mass is 15.2. The maximum atomic E-state index is 3.62. The van der Waals surface area contributed by atoms with Crippen LogP contribution in [0, 0.1) is 6.92 Å². The van der Waals surface area contributed by atoms with Crippen LogP contribution in [0.25, 0.3) is 10.9 Å². The van der Waals surface area contributed by atoms with Crippen molar-refractivity contribution >= 4 is 10.9 Å². The molecule has 1 aliphatic rings. The predicted molar refractivity (Wildman–Crippen MR) is 71.3 cm³/mol. The molecule has 3 nitrogen and oxygen atoms in total. The normalized spacial score (nSPS) is 22.1. The molecular weight excluding hydrogens is 210 g/mol. The second kappa shape index (κ2) is 4.17. The first-order valence-electron chi connectivity index (χ1n) is 6.25. The molecule has 0 spiro atoms. The van der Waals surface area contributed by atoms with E-state index >= 15 is 0 Å². The van der Waals surface area contributed by atoms with Crippen molar-refractivity contribution in [1.82, 2.24) is 15.2 Å². The summed E-state index contributed by atoms with van der Waals surface area (Å²) in [7, 11) is 2.19. The van der Waals surface area contributed by atoms with E-state index in [4.69, 9.17) is 0 Å². The first-order chi connectivity index (χ1) is 8.25. The number of hydrogen-bond acceptors (Lipinski definition) is 2. The van der Waals surface area contributed by atoms with Crippen LogP contribution < -0.4 is 5.32 Å². The summed E-state index contributed by atoms with van der Waals surface area (Å²) in [5.74, 6) is 0. The highest BCUT2D eigenvalue weighted by molar-refractivity contribution is 5.85. The van der Waals surface area contributed by atoms with Gasteiger partial charge < -0.3 is 15.2 Å². The van der Waals surface area contributed by atoms with Crippen LogP contribution in [0.15, 0.2) is 24.3 Å². The number of aromatic nitrogens is 1. The van der Waals surface area contributed by atoms with E-state index in [2.05, 4.69) is 53.4 Å². The van der Waals surface area contributed by atoms with E-state index in [-0.39, 0.29) is 0 Å². The number of benzene rings is 1. The number of nitrogens with zero attached hydrogens (tertiary/aromatic N) is 1. The lowest BCUT2D eigenvalue weighted by Crippen LogP contribution is -2.43. The third kappa shape index (κ3) is 1.85. The molecule has 1 atom stereocenters. The lowest BCUT2D eigenvalue weighted by Gasteiger charge is -2.31. The molecule has 90 valence electrons. The fraction of sp³-hybridized carbons (Fsp3) is 0.429. The predicted octanol–water partition coefficient (Wildman–Crippen LogP) is 2.05. The van der Waals surface area contributed by atoms with Gasteiger partial charge in [0.25, 0.3) is 0 Å². The molecule has 1 aliphatic heterocycles. The van der Waals surface area contributed by atoms with Crippen LogP contribution in [-0.4, -0.2) is 36.6 Å². The summed E-state index contributed by atoms with van der Waals surface area (Å²) in [6.45, 7) is 5.46. The number of aromatic amines is 1. The Kier molecular flexibility index (Phi) is 2.65. The number of H-pyrrole nitrogens is 1. The fourth-order valence-corrected chi connectivity index (χ4v) is 2.84. The van der Waals surface area contributed by atoms with Crippen molar-refractivity contribution in [2.45, 2.75) is 13.0 Å². The molecular formula is C14H19N3. The fourth-order valence-electron chi connectivity index (χ4n) is 2.84. The van der Waals surface area contributed by atoms with Gasteiger partial charge in [0.15, 0.2) is 0 Å². The van der Waals surface area contributed by atoms with Crippen LogP contribution in [0.1, 0.15) is 17.3 Å². The Morgan fingerprint density at radius 3 is 2.94 bits per heavy atom. The first-order valence-corrected chi connectivity index (χ1v) is 6.25. The van der Waals surface area contributed by atoms with Crippen molar-refractivity contribution < 1.29 is 0 Å². The van der Waals surface area contributed by atoms with Crippen molar-refractivity contribution in [1.29, 1.82) is 0 Å². The Labute approximate surface area is 102 Å². The number of rotatable bonds is 1. The number of likely N-dealkylation sites (N-methyl/N-ethyl adjacent to an activating group) is 1. The minimum atomic E-state index is 0.449. The van der Waals surface area contributed by atoms with Crippen LogP contribution >= 0.6 is 0 Å². The standard InChI is InChI=1S/C14H19N3/c1-10-14(13-9-17(2)8-7-15-13)11-5-3-4-6-12(11)16-10/h3-6,13,15-16H,7-9H2,1-2H3. The SMILES string of the molecule is Cc1[nH]c2ccccc2c1C1CN(C)CCN1. The quantitative estimate of drug-likeness (QED) is 0.784. The molecule has 3 heteroatoms. The summed E-state index contributed by atoms with van der Waals surface area (Å²) in [5.41, 5.74) is 3.97. The van der Waals surface area contributed by atoms with Crippen LogP contribution in [0.5, 0.6) is 0 Å². The minimum Gasteiger partial charge on any atom is -0.358 e. The van der Waals surface area contributed by atoms with E-state index < -0.39 is 0 Å². The number of para-hydroxylation sites is 1. The second-order valence-electron chi connectivity index (χ2n) is 4.98. The monoisotopic (exact) mass is 229 g/mol. The van der Waals surface area contributed by atoms with Gasteiger partial charge >= 0.3 is 0 Å². The van der Waals surface area contributed by atoms with E-state index in [1.54, 1.807) is 0 Å². The van der Waals surface area contributed by atoms with Gasteiger partial charge in [-0.2, -0.15) is 0 Å². The summed E-state index contributed by atoms with van der Waals surface area (Å²) in [6, 6.07) is 9.02. The lowest BCUT2D eigenvalue weighted by atomic mass is 10.0. The molecule has 0 saturated carbocycles. The zero-order valence-corrected chi connectivity index (χ0v) is 10.5. The molecule has 3 rings (SSSR count). The van der Waals surface area contributed by atoms with Crippen molar-refractivity contribution in [2.75, 3.05) is 26.7 Å². The number of fused-ring (bicyclic) bond motifs is 1. The van der Waals surface area contributed by atoms with Crippen molar-refractivity contribution in [3.63, 3.8) is 0 Å².